The van der Waals surface area contributed by atoms with Gasteiger partial charge in [0.15, 0.2) is 16.6 Å². The van der Waals surface area contributed by atoms with Crippen molar-refractivity contribution in [1.29, 1.82) is 0 Å². The van der Waals surface area contributed by atoms with E-state index in [-0.39, 0.29) is 5.91 Å². The monoisotopic (exact) mass is 416 g/mol. The molecule has 1 aliphatic heterocycles. The topological polar surface area (TPSA) is 42.0 Å². The zero-order chi connectivity index (χ0) is 20.3. The molecule has 0 spiro atoms. The molecule has 2 aromatic rings. The molecule has 146 valence electrons. The van der Waals surface area contributed by atoms with Gasteiger partial charge < -0.3 is 14.4 Å². The zero-order valence-corrected chi connectivity index (χ0v) is 17.5. The van der Waals surface area contributed by atoms with E-state index in [9.17, 15) is 4.79 Å². The molecule has 0 N–H and O–H groups in total. The van der Waals surface area contributed by atoms with Gasteiger partial charge in [0.05, 0.1) is 6.61 Å². The lowest BCUT2D eigenvalue weighted by Gasteiger charge is -2.14. The van der Waals surface area contributed by atoms with Gasteiger partial charge in [-0.1, -0.05) is 29.8 Å². The minimum absolute atomic E-state index is 0.131. The Labute approximate surface area is 175 Å². The zero-order valence-electron chi connectivity index (χ0n) is 15.9. The highest BCUT2D eigenvalue weighted by Gasteiger charge is 2.32. The molecule has 1 aliphatic rings. The lowest BCUT2D eigenvalue weighted by molar-refractivity contribution is -0.121. The van der Waals surface area contributed by atoms with Gasteiger partial charge in [0, 0.05) is 19.1 Å². The fourth-order valence-corrected chi connectivity index (χ4v) is 3.10. The molecule has 28 heavy (non-hydrogen) atoms. The number of amides is 1. The number of halogens is 1. The number of carbonyl (C=O) groups excluding carboxylic acids is 1. The lowest BCUT2D eigenvalue weighted by atomic mass is 10.1. The number of carbonyl (C=O) groups is 1. The second-order valence-corrected chi connectivity index (χ2v) is 7.09. The van der Waals surface area contributed by atoms with E-state index in [4.69, 9.17) is 33.3 Å². The summed E-state index contributed by atoms with van der Waals surface area (Å²) >= 11 is 11.2. The van der Waals surface area contributed by atoms with Gasteiger partial charge in [0.25, 0.3) is 5.91 Å². The molecule has 0 aliphatic carbocycles. The highest BCUT2D eigenvalue weighted by molar-refractivity contribution is 7.80. The van der Waals surface area contributed by atoms with E-state index in [0.29, 0.717) is 40.5 Å². The van der Waals surface area contributed by atoms with Crippen molar-refractivity contribution in [2.75, 3.05) is 20.7 Å². The summed E-state index contributed by atoms with van der Waals surface area (Å²) in [6.45, 7) is 2.82. The molecule has 0 aromatic heterocycles. The van der Waals surface area contributed by atoms with Crippen molar-refractivity contribution in [3.8, 4) is 11.5 Å². The lowest BCUT2D eigenvalue weighted by Crippen LogP contribution is -2.26. The van der Waals surface area contributed by atoms with Gasteiger partial charge in [0.2, 0.25) is 0 Å². The van der Waals surface area contributed by atoms with Crippen LogP contribution in [0.25, 0.3) is 6.08 Å². The SMILES string of the molecule is CCOc1cc(/C=C2\C(=O)N(C)C(=S)N2C)ccc1OCc1ccc(Cl)cc1. The van der Waals surface area contributed by atoms with Crippen molar-refractivity contribution >= 4 is 40.9 Å². The number of likely N-dealkylation sites (N-methyl/N-ethyl adjacent to an activating group) is 2. The maximum Gasteiger partial charge on any atom is 0.276 e. The predicted octanol–water partition coefficient (Wildman–Crippen LogP) is 4.35. The van der Waals surface area contributed by atoms with Crippen LogP contribution in [0.15, 0.2) is 48.2 Å². The summed E-state index contributed by atoms with van der Waals surface area (Å²) in [7, 11) is 3.45. The first-order chi connectivity index (χ1) is 13.4. The minimum atomic E-state index is -0.131. The number of rotatable bonds is 6. The van der Waals surface area contributed by atoms with Gasteiger partial charge in [-0.05, 0) is 60.6 Å². The highest BCUT2D eigenvalue weighted by atomic mass is 35.5. The number of ether oxygens (including phenoxy) is 2. The molecule has 1 saturated heterocycles. The quantitative estimate of drug-likeness (QED) is 0.517. The molecule has 0 atom stereocenters. The molecule has 2 aromatic carbocycles. The average molecular weight is 417 g/mol. The Bertz CT molecular complexity index is 928. The van der Waals surface area contributed by atoms with Gasteiger partial charge in [-0.15, -0.1) is 0 Å². The molecule has 0 saturated carbocycles. The van der Waals surface area contributed by atoms with Crippen molar-refractivity contribution in [1.82, 2.24) is 9.80 Å². The van der Waals surface area contributed by atoms with Crippen LogP contribution in [0, 0.1) is 0 Å². The Balaban J connectivity index is 1.82. The molecule has 0 radical (unpaired) electrons. The molecule has 1 fully saturated rings. The van der Waals surface area contributed by atoms with Crippen LogP contribution in [0.5, 0.6) is 11.5 Å². The Morgan fingerprint density at radius 1 is 1.04 bits per heavy atom. The maximum absolute atomic E-state index is 12.4. The third-order valence-electron chi connectivity index (χ3n) is 4.34. The van der Waals surface area contributed by atoms with Gasteiger partial charge in [-0.2, -0.15) is 0 Å². The molecule has 0 unspecified atom stereocenters. The van der Waals surface area contributed by atoms with E-state index in [0.717, 1.165) is 11.1 Å². The Morgan fingerprint density at radius 3 is 2.36 bits per heavy atom. The smallest absolute Gasteiger partial charge is 0.276 e. The maximum atomic E-state index is 12.4. The van der Waals surface area contributed by atoms with Crippen LogP contribution < -0.4 is 9.47 Å². The van der Waals surface area contributed by atoms with Crippen LogP contribution >= 0.6 is 23.8 Å². The number of nitrogens with zero attached hydrogens (tertiary/aromatic N) is 2. The van der Waals surface area contributed by atoms with Crippen LogP contribution in [-0.2, 0) is 11.4 Å². The standard InChI is InChI=1S/C21H21ClN2O3S/c1-4-26-19-12-15(11-17-20(25)24(3)21(28)23(17)2)7-10-18(19)27-13-14-5-8-16(22)9-6-14/h5-12H,4,13H2,1-3H3/b17-11+. The fourth-order valence-electron chi connectivity index (χ4n) is 2.79. The molecule has 5 nitrogen and oxygen atoms in total. The van der Waals surface area contributed by atoms with E-state index >= 15 is 0 Å². The van der Waals surface area contributed by atoms with Gasteiger partial charge in [-0.3, -0.25) is 9.69 Å². The number of hydrogen-bond acceptors (Lipinski definition) is 4. The largest absolute Gasteiger partial charge is 0.490 e. The first-order valence-corrected chi connectivity index (χ1v) is 9.61. The predicted molar refractivity (Wildman–Crippen MR) is 115 cm³/mol. The first kappa shape index (κ1) is 20.2. The van der Waals surface area contributed by atoms with Gasteiger partial charge >= 0.3 is 0 Å². The number of thiocarbonyl (C=S) groups is 1. The molecule has 1 heterocycles. The summed E-state index contributed by atoms with van der Waals surface area (Å²) in [4.78, 5) is 15.5. The van der Waals surface area contributed by atoms with E-state index in [1.54, 1.807) is 25.1 Å². The minimum Gasteiger partial charge on any atom is -0.490 e. The number of hydrogen-bond donors (Lipinski definition) is 0. The van der Waals surface area contributed by atoms with E-state index < -0.39 is 0 Å². The number of benzene rings is 2. The first-order valence-electron chi connectivity index (χ1n) is 8.82. The molecule has 1 amide bonds. The summed E-state index contributed by atoms with van der Waals surface area (Å²) in [6.07, 6.45) is 1.80. The molecular formula is C21H21ClN2O3S. The molecule has 7 heteroatoms. The van der Waals surface area contributed by atoms with Crippen LogP contribution in [0.1, 0.15) is 18.1 Å². The second kappa shape index (κ2) is 8.63. The summed E-state index contributed by atoms with van der Waals surface area (Å²) < 4.78 is 11.7. The Kier molecular flexibility index (Phi) is 6.21. The van der Waals surface area contributed by atoms with Crippen molar-refractivity contribution in [3.05, 3.63) is 64.3 Å². The molecule has 3 rings (SSSR count). The average Bonchev–Trinajstić information content (AvgIpc) is 2.87. The van der Waals surface area contributed by atoms with Gasteiger partial charge in [0.1, 0.15) is 12.3 Å². The molecular weight excluding hydrogens is 396 g/mol. The van der Waals surface area contributed by atoms with Crippen molar-refractivity contribution < 1.29 is 14.3 Å². The third kappa shape index (κ3) is 4.29. The van der Waals surface area contributed by atoms with E-state index in [2.05, 4.69) is 0 Å². The van der Waals surface area contributed by atoms with E-state index in [1.807, 2.05) is 49.4 Å². The second-order valence-electron chi connectivity index (χ2n) is 6.29. The van der Waals surface area contributed by atoms with Crippen LogP contribution in [-0.4, -0.2) is 41.5 Å². The molecule has 0 bridgehead atoms. The Morgan fingerprint density at radius 2 is 1.75 bits per heavy atom. The van der Waals surface area contributed by atoms with Crippen molar-refractivity contribution in [2.45, 2.75) is 13.5 Å². The van der Waals surface area contributed by atoms with Crippen molar-refractivity contribution in [2.24, 2.45) is 0 Å². The summed E-state index contributed by atoms with van der Waals surface area (Å²) in [5.74, 6) is 1.13. The third-order valence-corrected chi connectivity index (χ3v) is 5.14. The van der Waals surface area contributed by atoms with Crippen LogP contribution in [0.2, 0.25) is 5.02 Å². The highest BCUT2D eigenvalue weighted by Crippen LogP contribution is 2.31. The van der Waals surface area contributed by atoms with Crippen molar-refractivity contribution in [3.63, 3.8) is 0 Å². The van der Waals surface area contributed by atoms with Crippen LogP contribution in [0.3, 0.4) is 0 Å². The summed E-state index contributed by atoms with van der Waals surface area (Å²) in [6, 6.07) is 13.1. The summed E-state index contributed by atoms with van der Waals surface area (Å²) in [5, 5.41) is 1.16. The summed E-state index contributed by atoms with van der Waals surface area (Å²) in [5.41, 5.74) is 2.35. The van der Waals surface area contributed by atoms with Gasteiger partial charge in [-0.25, -0.2) is 0 Å². The normalized spacial score (nSPS) is 15.5. The van der Waals surface area contributed by atoms with Crippen LogP contribution in [0.4, 0.5) is 0 Å². The fraction of sp³-hybridized carbons (Fsp3) is 0.238. The Hall–Kier alpha value is -2.57. The van der Waals surface area contributed by atoms with E-state index in [1.165, 1.54) is 4.90 Å².